The third-order valence-electron chi connectivity index (χ3n) is 4.30. The largest absolute Gasteiger partial charge is 0.308 e. The molecule has 2 nitrogen and oxygen atoms in total. The molecule has 2 aromatic carbocycles. The highest BCUT2D eigenvalue weighted by Crippen LogP contribution is 2.32. The molecule has 0 fully saturated rings. The van der Waals surface area contributed by atoms with E-state index in [0.717, 1.165) is 30.7 Å². The van der Waals surface area contributed by atoms with Gasteiger partial charge in [-0.3, -0.25) is 4.79 Å². The van der Waals surface area contributed by atoms with Crippen molar-refractivity contribution in [3.8, 4) is 0 Å². The number of carbonyl (C=O) groups excluding carboxylic acids is 1. The quantitative estimate of drug-likeness (QED) is 0.737. The van der Waals surface area contributed by atoms with Crippen LogP contribution in [0.3, 0.4) is 0 Å². The smallest absolute Gasteiger partial charge is 0.237 e. The Balaban J connectivity index is 1.45. The number of fused-ring (bicyclic) bond motifs is 1. The van der Waals surface area contributed by atoms with Gasteiger partial charge in [0.1, 0.15) is 0 Å². The third-order valence-corrected chi connectivity index (χ3v) is 5.33. The molecule has 23 heavy (non-hydrogen) atoms. The molecule has 3 rings (SSSR count). The molecule has 0 radical (unpaired) electrons. The number of rotatable bonds is 6. The molecule has 0 aromatic heterocycles. The number of benzene rings is 2. The molecule has 0 spiro atoms. The molecule has 1 aliphatic rings. The molecule has 1 heterocycles. The molecule has 0 saturated carbocycles. The summed E-state index contributed by atoms with van der Waals surface area (Å²) in [6.45, 7) is 2.14. The zero-order valence-corrected chi connectivity index (χ0v) is 14.4. The first-order valence-electron chi connectivity index (χ1n) is 8.27. The van der Waals surface area contributed by atoms with Gasteiger partial charge in [0.25, 0.3) is 0 Å². The van der Waals surface area contributed by atoms with Crippen LogP contribution in [-0.2, 0) is 17.6 Å². The van der Waals surface area contributed by atoms with Crippen LogP contribution in [0.5, 0.6) is 0 Å². The number of hydrogen-bond acceptors (Lipinski definition) is 2. The Morgan fingerprint density at radius 2 is 1.87 bits per heavy atom. The van der Waals surface area contributed by atoms with Gasteiger partial charge in [-0.05, 0) is 49.1 Å². The van der Waals surface area contributed by atoms with E-state index in [9.17, 15) is 4.79 Å². The van der Waals surface area contributed by atoms with Crippen molar-refractivity contribution in [1.29, 1.82) is 0 Å². The second-order valence-electron chi connectivity index (χ2n) is 6.09. The van der Waals surface area contributed by atoms with Crippen LogP contribution in [0.25, 0.3) is 0 Å². The number of carbonyl (C=O) groups is 1. The fraction of sp³-hybridized carbons (Fsp3) is 0.350. The maximum Gasteiger partial charge on any atom is 0.237 e. The average molecular weight is 325 g/mol. The minimum Gasteiger partial charge on any atom is -0.308 e. The Kier molecular flexibility index (Phi) is 5.39. The van der Waals surface area contributed by atoms with E-state index in [1.807, 2.05) is 17.0 Å². The van der Waals surface area contributed by atoms with Gasteiger partial charge in [0.2, 0.25) is 5.91 Å². The molecule has 0 unspecified atom stereocenters. The van der Waals surface area contributed by atoms with E-state index in [1.54, 1.807) is 11.8 Å². The molecule has 120 valence electrons. The first-order chi connectivity index (χ1) is 11.3. The standard InChI is InChI=1S/C20H23NOS/c1-16-14-18-11-5-6-12-19(18)21(16)20(22)15-23-13-7-10-17-8-3-2-4-9-17/h2-6,8-9,11-12,16H,7,10,13-15H2,1H3/t16-/m1/s1. The number of amides is 1. The zero-order valence-electron chi connectivity index (χ0n) is 13.6. The lowest BCUT2D eigenvalue weighted by atomic mass is 10.1. The molecule has 3 heteroatoms. The highest BCUT2D eigenvalue weighted by atomic mass is 32.2. The van der Waals surface area contributed by atoms with Gasteiger partial charge in [-0.2, -0.15) is 11.8 Å². The molecule has 1 amide bonds. The van der Waals surface area contributed by atoms with Crippen LogP contribution in [0.4, 0.5) is 5.69 Å². The monoisotopic (exact) mass is 325 g/mol. The van der Waals surface area contributed by atoms with Gasteiger partial charge in [-0.25, -0.2) is 0 Å². The number of hydrogen-bond donors (Lipinski definition) is 0. The van der Waals surface area contributed by atoms with Gasteiger partial charge in [0.05, 0.1) is 5.75 Å². The number of anilines is 1. The van der Waals surface area contributed by atoms with Crippen molar-refractivity contribution < 1.29 is 4.79 Å². The lowest BCUT2D eigenvalue weighted by Gasteiger charge is -2.22. The Hall–Kier alpha value is -1.74. The number of thioether (sulfide) groups is 1. The van der Waals surface area contributed by atoms with E-state index in [4.69, 9.17) is 0 Å². The molecule has 0 bridgehead atoms. The van der Waals surface area contributed by atoms with Gasteiger partial charge < -0.3 is 4.90 Å². The first-order valence-corrected chi connectivity index (χ1v) is 9.43. The molecule has 0 aliphatic carbocycles. The lowest BCUT2D eigenvalue weighted by molar-refractivity contribution is -0.116. The van der Waals surface area contributed by atoms with Crippen molar-refractivity contribution in [3.05, 3.63) is 65.7 Å². The third kappa shape index (κ3) is 3.97. The van der Waals surface area contributed by atoms with Crippen molar-refractivity contribution in [2.45, 2.75) is 32.2 Å². The Morgan fingerprint density at radius 1 is 1.13 bits per heavy atom. The van der Waals surface area contributed by atoms with Crippen LogP contribution in [0.15, 0.2) is 54.6 Å². The van der Waals surface area contributed by atoms with Crippen molar-refractivity contribution in [2.24, 2.45) is 0 Å². The van der Waals surface area contributed by atoms with E-state index in [-0.39, 0.29) is 11.9 Å². The highest BCUT2D eigenvalue weighted by Gasteiger charge is 2.29. The van der Waals surface area contributed by atoms with Crippen molar-refractivity contribution >= 4 is 23.4 Å². The van der Waals surface area contributed by atoms with Crippen LogP contribution >= 0.6 is 11.8 Å². The van der Waals surface area contributed by atoms with E-state index in [0.29, 0.717) is 5.75 Å². The van der Waals surface area contributed by atoms with E-state index in [2.05, 4.69) is 49.4 Å². The fourth-order valence-electron chi connectivity index (χ4n) is 3.20. The lowest BCUT2D eigenvalue weighted by Crippen LogP contribution is -2.37. The minimum absolute atomic E-state index is 0.243. The highest BCUT2D eigenvalue weighted by molar-refractivity contribution is 7.99. The summed E-state index contributed by atoms with van der Waals surface area (Å²) in [7, 11) is 0. The summed E-state index contributed by atoms with van der Waals surface area (Å²) < 4.78 is 0. The Labute approximate surface area is 142 Å². The number of para-hydroxylation sites is 1. The molecular formula is C20H23NOS. The summed E-state index contributed by atoms with van der Waals surface area (Å²) in [4.78, 5) is 14.5. The summed E-state index contributed by atoms with van der Waals surface area (Å²) in [5, 5.41) is 0. The number of aryl methyl sites for hydroxylation is 1. The normalized spacial score (nSPS) is 16.4. The molecule has 0 saturated heterocycles. The molecule has 2 aromatic rings. The topological polar surface area (TPSA) is 20.3 Å². The predicted molar refractivity (Wildman–Crippen MR) is 99.2 cm³/mol. The summed E-state index contributed by atoms with van der Waals surface area (Å²) >= 11 is 1.75. The Bertz CT molecular complexity index is 656. The maximum atomic E-state index is 12.6. The SMILES string of the molecule is C[C@@H]1Cc2ccccc2N1C(=O)CSCCCc1ccccc1. The van der Waals surface area contributed by atoms with Gasteiger partial charge in [-0.1, -0.05) is 48.5 Å². The second-order valence-corrected chi connectivity index (χ2v) is 7.19. The van der Waals surface area contributed by atoms with Gasteiger partial charge in [0.15, 0.2) is 0 Å². The second kappa shape index (κ2) is 7.69. The van der Waals surface area contributed by atoms with E-state index >= 15 is 0 Å². The zero-order chi connectivity index (χ0) is 16.1. The molecule has 0 N–H and O–H groups in total. The van der Waals surface area contributed by atoms with Crippen LogP contribution in [0.1, 0.15) is 24.5 Å². The minimum atomic E-state index is 0.243. The van der Waals surface area contributed by atoms with Crippen molar-refractivity contribution in [3.63, 3.8) is 0 Å². The van der Waals surface area contributed by atoms with Crippen molar-refractivity contribution in [2.75, 3.05) is 16.4 Å². The molecule has 1 atom stereocenters. The average Bonchev–Trinajstić information content (AvgIpc) is 2.91. The molecule has 1 aliphatic heterocycles. The summed E-state index contributed by atoms with van der Waals surface area (Å²) in [6.07, 6.45) is 3.18. The van der Waals surface area contributed by atoms with Crippen LogP contribution in [-0.4, -0.2) is 23.5 Å². The van der Waals surface area contributed by atoms with Crippen molar-refractivity contribution in [1.82, 2.24) is 0 Å². The predicted octanol–water partition coefficient (Wildman–Crippen LogP) is 4.33. The number of nitrogens with zero attached hydrogens (tertiary/aromatic N) is 1. The fourth-order valence-corrected chi connectivity index (χ4v) is 4.00. The Morgan fingerprint density at radius 3 is 2.70 bits per heavy atom. The maximum absolute atomic E-state index is 12.6. The summed E-state index contributed by atoms with van der Waals surface area (Å²) in [5.74, 6) is 1.85. The first kappa shape index (κ1) is 16.1. The summed E-state index contributed by atoms with van der Waals surface area (Å²) in [5.41, 5.74) is 3.78. The van der Waals surface area contributed by atoms with Gasteiger partial charge in [-0.15, -0.1) is 0 Å². The van der Waals surface area contributed by atoms with Gasteiger partial charge in [0, 0.05) is 11.7 Å². The van der Waals surface area contributed by atoms with E-state index < -0.39 is 0 Å². The van der Waals surface area contributed by atoms with Crippen LogP contribution in [0.2, 0.25) is 0 Å². The van der Waals surface area contributed by atoms with E-state index in [1.165, 1.54) is 11.1 Å². The molecular weight excluding hydrogens is 302 g/mol. The van der Waals surface area contributed by atoms with Crippen LogP contribution < -0.4 is 4.90 Å². The summed E-state index contributed by atoms with van der Waals surface area (Å²) in [6, 6.07) is 19.1. The van der Waals surface area contributed by atoms with Crippen LogP contribution in [0, 0.1) is 0 Å². The van der Waals surface area contributed by atoms with Gasteiger partial charge >= 0.3 is 0 Å².